The monoisotopic (exact) mass is 294 g/mol. The maximum atomic E-state index is 12.1. The number of aromatic nitrogens is 1. The van der Waals surface area contributed by atoms with Crippen molar-refractivity contribution >= 4 is 34.7 Å². The fraction of sp³-hybridized carbons (Fsp3) is 0.231. The molecule has 0 atom stereocenters. The van der Waals surface area contributed by atoms with Crippen LogP contribution in [0.15, 0.2) is 28.6 Å². The van der Waals surface area contributed by atoms with Crippen LogP contribution in [0.3, 0.4) is 0 Å². The topological polar surface area (TPSA) is 51.2 Å². The van der Waals surface area contributed by atoms with Crippen molar-refractivity contribution in [3.8, 4) is 5.75 Å². The molecule has 0 unspecified atom stereocenters. The third-order valence-corrected chi connectivity index (χ3v) is 4.26. The number of nitrogens with one attached hydrogen (secondary N) is 1. The van der Waals surface area contributed by atoms with Gasteiger partial charge in [0.2, 0.25) is 0 Å². The van der Waals surface area contributed by atoms with E-state index >= 15 is 0 Å². The highest BCUT2D eigenvalue weighted by molar-refractivity contribution is 7.98. The van der Waals surface area contributed by atoms with E-state index in [1.807, 2.05) is 31.4 Å². The van der Waals surface area contributed by atoms with E-state index in [2.05, 4.69) is 10.3 Å². The Labute approximate surface area is 120 Å². The number of amides is 1. The van der Waals surface area contributed by atoms with Gasteiger partial charge >= 0.3 is 0 Å². The highest BCUT2D eigenvalue weighted by Gasteiger charge is 2.14. The van der Waals surface area contributed by atoms with E-state index in [4.69, 9.17) is 4.74 Å². The number of thioether (sulfide) groups is 1. The lowest BCUT2D eigenvalue weighted by Gasteiger charge is -2.10. The summed E-state index contributed by atoms with van der Waals surface area (Å²) in [6.07, 6.45) is 1.99. The number of hydrogen-bond acceptors (Lipinski definition) is 5. The number of hydrogen-bond donors (Lipinski definition) is 1. The Hall–Kier alpha value is -1.53. The summed E-state index contributed by atoms with van der Waals surface area (Å²) in [6, 6.07) is 5.70. The molecule has 1 amide bonds. The van der Waals surface area contributed by atoms with Crippen molar-refractivity contribution in [2.45, 2.75) is 11.8 Å². The Balaban J connectivity index is 2.24. The zero-order chi connectivity index (χ0) is 13.8. The van der Waals surface area contributed by atoms with Gasteiger partial charge < -0.3 is 10.1 Å². The molecule has 0 saturated carbocycles. The fourth-order valence-corrected chi connectivity index (χ4v) is 2.73. The minimum Gasteiger partial charge on any atom is -0.495 e. The third-order valence-electron chi connectivity index (χ3n) is 2.61. The Morgan fingerprint density at radius 1 is 1.47 bits per heavy atom. The molecule has 0 radical (unpaired) electrons. The van der Waals surface area contributed by atoms with Crippen LogP contribution < -0.4 is 10.1 Å². The maximum Gasteiger partial charge on any atom is 0.267 e. The lowest BCUT2D eigenvalue weighted by molar-refractivity contribution is 0.102. The van der Waals surface area contributed by atoms with E-state index in [1.54, 1.807) is 24.4 Å². The minimum atomic E-state index is -0.157. The summed E-state index contributed by atoms with van der Waals surface area (Å²) < 4.78 is 5.30. The SMILES string of the molecule is COc1cc(SC)ccc1NC(=O)c1scnc1C. The number of thiazole rings is 1. The maximum absolute atomic E-state index is 12.1. The molecule has 1 heterocycles. The van der Waals surface area contributed by atoms with Crippen molar-refractivity contribution in [1.82, 2.24) is 4.98 Å². The Bertz CT molecular complexity index is 596. The van der Waals surface area contributed by atoms with E-state index in [9.17, 15) is 4.79 Å². The molecule has 1 aromatic carbocycles. The van der Waals surface area contributed by atoms with Crippen LogP contribution in [0.4, 0.5) is 5.69 Å². The van der Waals surface area contributed by atoms with Gasteiger partial charge in [0.05, 0.1) is 24.0 Å². The molecule has 19 heavy (non-hydrogen) atoms. The molecule has 0 saturated heterocycles. The number of carbonyl (C=O) groups is 1. The largest absolute Gasteiger partial charge is 0.495 e. The number of methoxy groups -OCH3 is 1. The normalized spacial score (nSPS) is 10.3. The first kappa shape index (κ1) is 13.9. The first-order chi connectivity index (χ1) is 9.15. The molecule has 4 nitrogen and oxygen atoms in total. The number of benzene rings is 1. The van der Waals surface area contributed by atoms with Gasteiger partial charge in [0.15, 0.2) is 0 Å². The number of rotatable bonds is 4. The molecular formula is C13H14N2O2S2. The van der Waals surface area contributed by atoms with E-state index in [1.165, 1.54) is 11.3 Å². The third kappa shape index (κ3) is 3.08. The van der Waals surface area contributed by atoms with Crippen molar-refractivity contribution in [1.29, 1.82) is 0 Å². The van der Waals surface area contributed by atoms with E-state index in [-0.39, 0.29) is 5.91 Å². The number of anilines is 1. The summed E-state index contributed by atoms with van der Waals surface area (Å²) in [5.41, 5.74) is 3.07. The predicted octanol–water partition coefficient (Wildman–Crippen LogP) is 3.43. The van der Waals surface area contributed by atoms with Gasteiger partial charge in [0.1, 0.15) is 10.6 Å². The Morgan fingerprint density at radius 2 is 2.26 bits per heavy atom. The lowest BCUT2D eigenvalue weighted by Crippen LogP contribution is -2.12. The standard InChI is InChI=1S/C13H14N2O2S2/c1-8-12(19-7-14-8)13(16)15-10-5-4-9(18-3)6-11(10)17-2/h4-7H,1-3H3,(H,15,16). The van der Waals surface area contributed by atoms with Crippen LogP contribution >= 0.6 is 23.1 Å². The van der Waals surface area contributed by atoms with Gasteiger partial charge in [-0.3, -0.25) is 4.79 Å². The van der Waals surface area contributed by atoms with Crippen LogP contribution in [0.25, 0.3) is 0 Å². The molecule has 0 fully saturated rings. The second-order valence-electron chi connectivity index (χ2n) is 3.79. The summed E-state index contributed by atoms with van der Waals surface area (Å²) >= 11 is 2.96. The van der Waals surface area contributed by atoms with E-state index in [0.29, 0.717) is 16.3 Å². The van der Waals surface area contributed by atoms with Crippen molar-refractivity contribution in [3.05, 3.63) is 34.3 Å². The van der Waals surface area contributed by atoms with Crippen molar-refractivity contribution < 1.29 is 9.53 Å². The van der Waals surface area contributed by atoms with E-state index in [0.717, 1.165) is 10.6 Å². The van der Waals surface area contributed by atoms with Gasteiger partial charge in [-0.25, -0.2) is 4.98 Å². The highest BCUT2D eigenvalue weighted by Crippen LogP contribution is 2.30. The molecule has 6 heteroatoms. The quantitative estimate of drug-likeness (QED) is 0.878. The number of carbonyl (C=O) groups excluding carboxylic acids is 1. The van der Waals surface area contributed by atoms with Crippen LogP contribution in [0, 0.1) is 6.92 Å². The lowest BCUT2D eigenvalue weighted by atomic mass is 10.2. The minimum absolute atomic E-state index is 0.157. The molecule has 0 spiro atoms. The second-order valence-corrected chi connectivity index (χ2v) is 5.52. The summed E-state index contributed by atoms with van der Waals surface area (Å²) in [7, 11) is 1.59. The molecule has 0 aliphatic heterocycles. The van der Waals surface area contributed by atoms with Crippen molar-refractivity contribution in [2.75, 3.05) is 18.7 Å². The average Bonchev–Trinajstić information content (AvgIpc) is 2.85. The number of aryl methyl sites for hydroxylation is 1. The first-order valence-electron chi connectivity index (χ1n) is 5.59. The van der Waals surface area contributed by atoms with Crippen LogP contribution in [-0.4, -0.2) is 24.3 Å². The smallest absolute Gasteiger partial charge is 0.267 e. The molecule has 2 rings (SSSR count). The van der Waals surface area contributed by atoms with Gasteiger partial charge in [-0.05, 0) is 31.4 Å². The fourth-order valence-electron chi connectivity index (χ4n) is 1.60. The zero-order valence-corrected chi connectivity index (χ0v) is 12.5. The van der Waals surface area contributed by atoms with Crippen LogP contribution in [0.2, 0.25) is 0 Å². The van der Waals surface area contributed by atoms with Crippen molar-refractivity contribution in [3.63, 3.8) is 0 Å². The molecule has 1 aromatic heterocycles. The molecule has 100 valence electrons. The van der Waals surface area contributed by atoms with Crippen LogP contribution in [0.5, 0.6) is 5.75 Å². The summed E-state index contributed by atoms with van der Waals surface area (Å²) in [4.78, 5) is 17.9. The van der Waals surface area contributed by atoms with Crippen molar-refractivity contribution in [2.24, 2.45) is 0 Å². The molecular weight excluding hydrogens is 280 g/mol. The van der Waals surface area contributed by atoms with Gasteiger partial charge in [-0.2, -0.15) is 0 Å². The van der Waals surface area contributed by atoms with Crippen LogP contribution in [0.1, 0.15) is 15.4 Å². The zero-order valence-electron chi connectivity index (χ0n) is 10.9. The highest BCUT2D eigenvalue weighted by atomic mass is 32.2. The molecule has 0 aliphatic rings. The second kappa shape index (κ2) is 6.08. The van der Waals surface area contributed by atoms with E-state index < -0.39 is 0 Å². The molecule has 2 aromatic rings. The number of nitrogens with zero attached hydrogens (tertiary/aromatic N) is 1. The Kier molecular flexibility index (Phi) is 4.44. The number of ether oxygens (including phenoxy) is 1. The first-order valence-corrected chi connectivity index (χ1v) is 7.69. The van der Waals surface area contributed by atoms with Crippen LogP contribution in [-0.2, 0) is 0 Å². The Morgan fingerprint density at radius 3 is 2.84 bits per heavy atom. The van der Waals surface area contributed by atoms with Gasteiger partial charge in [-0.15, -0.1) is 23.1 Å². The summed E-state index contributed by atoms with van der Waals surface area (Å²) in [5, 5.41) is 2.85. The summed E-state index contributed by atoms with van der Waals surface area (Å²) in [6.45, 7) is 1.82. The summed E-state index contributed by atoms with van der Waals surface area (Å²) in [5.74, 6) is 0.498. The van der Waals surface area contributed by atoms with Gasteiger partial charge in [0, 0.05) is 4.90 Å². The molecule has 0 aliphatic carbocycles. The molecule has 0 bridgehead atoms. The van der Waals surface area contributed by atoms with Gasteiger partial charge in [-0.1, -0.05) is 0 Å². The van der Waals surface area contributed by atoms with Gasteiger partial charge in [0.25, 0.3) is 5.91 Å². The molecule has 1 N–H and O–H groups in total. The average molecular weight is 294 g/mol. The predicted molar refractivity (Wildman–Crippen MR) is 79.6 cm³/mol.